The van der Waals surface area contributed by atoms with Gasteiger partial charge in [-0.1, -0.05) is 11.8 Å². The van der Waals surface area contributed by atoms with Gasteiger partial charge in [-0.05, 0) is 17.9 Å². The van der Waals surface area contributed by atoms with Crippen LogP contribution < -0.4 is 0 Å². The van der Waals surface area contributed by atoms with Gasteiger partial charge >= 0.3 is 0 Å². The highest BCUT2D eigenvalue weighted by Gasteiger charge is 2.12. The molecule has 4 heteroatoms. The SMILES string of the molecule is OCCC#Cc1ccsc1CN1CCCOCC1. The first kappa shape index (κ1) is 13.6. The van der Waals surface area contributed by atoms with Crippen LogP contribution in [0.25, 0.3) is 0 Å². The molecule has 3 nitrogen and oxygen atoms in total. The van der Waals surface area contributed by atoms with E-state index < -0.39 is 0 Å². The van der Waals surface area contributed by atoms with Crippen LogP contribution >= 0.6 is 11.3 Å². The van der Waals surface area contributed by atoms with Crippen LogP contribution in [0.3, 0.4) is 0 Å². The first-order valence-electron chi connectivity index (χ1n) is 6.36. The quantitative estimate of drug-likeness (QED) is 0.845. The molecule has 2 heterocycles. The van der Waals surface area contributed by atoms with Gasteiger partial charge in [-0.3, -0.25) is 4.90 Å². The van der Waals surface area contributed by atoms with Gasteiger partial charge in [-0.2, -0.15) is 0 Å². The van der Waals surface area contributed by atoms with Crippen LogP contribution in [0.15, 0.2) is 11.4 Å². The molecular weight excluding hydrogens is 246 g/mol. The van der Waals surface area contributed by atoms with E-state index in [2.05, 4.69) is 28.2 Å². The second kappa shape index (κ2) is 7.55. The van der Waals surface area contributed by atoms with E-state index >= 15 is 0 Å². The minimum absolute atomic E-state index is 0.135. The molecule has 98 valence electrons. The van der Waals surface area contributed by atoms with Crippen molar-refractivity contribution in [3.05, 3.63) is 21.9 Å². The number of thiophene rings is 1. The molecule has 0 unspecified atom stereocenters. The first-order valence-corrected chi connectivity index (χ1v) is 7.24. The summed E-state index contributed by atoms with van der Waals surface area (Å²) in [6.07, 6.45) is 1.66. The van der Waals surface area contributed by atoms with Crippen LogP contribution in [0.4, 0.5) is 0 Å². The second-order valence-corrected chi connectivity index (χ2v) is 5.28. The van der Waals surface area contributed by atoms with Crippen LogP contribution in [-0.2, 0) is 11.3 Å². The lowest BCUT2D eigenvalue weighted by atomic mass is 10.2. The van der Waals surface area contributed by atoms with E-state index in [1.165, 1.54) is 4.88 Å². The zero-order chi connectivity index (χ0) is 12.6. The molecule has 2 rings (SSSR count). The van der Waals surface area contributed by atoms with E-state index in [0.29, 0.717) is 6.42 Å². The summed E-state index contributed by atoms with van der Waals surface area (Å²) < 4.78 is 5.46. The zero-order valence-electron chi connectivity index (χ0n) is 10.5. The van der Waals surface area contributed by atoms with Crippen molar-refractivity contribution in [2.75, 3.05) is 32.9 Å². The molecule has 0 atom stereocenters. The monoisotopic (exact) mass is 265 g/mol. The molecule has 1 aliphatic heterocycles. The molecule has 0 aliphatic carbocycles. The van der Waals surface area contributed by atoms with Crippen LogP contribution in [0.2, 0.25) is 0 Å². The molecule has 1 saturated heterocycles. The first-order chi connectivity index (χ1) is 8.90. The lowest BCUT2D eigenvalue weighted by Crippen LogP contribution is -2.25. The summed E-state index contributed by atoms with van der Waals surface area (Å²) in [5.74, 6) is 6.13. The Hall–Kier alpha value is -0.860. The molecule has 1 aromatic heterocycles. The van der Waals surface area contributed by atoms with Crippen molar-refractivity contribution in [2.24, 2.45) is 0 Å². The number of aliphatic hydroxyl groups excluding tert-OH is 1. The van der Waals surface area contributed by atoms with Crippen molar-refractivity contribution in [1.29, 1.82) is 0 Å². The van der Waals surface area contributed by atoms with Crippen molar-refractivity contribution in [2.45, 2.75) is 19.4 Å². The fourth-order valence-electron chi connectivity index (χ4n) is 1.95. The normalized spacial score (nSPS) is 16.9. The molecule has 0 aromatic carbocycles. The van der Waals surface area contributed by atoms with E-state index in [-0.39, 0.29) is 6.61 Å². The molecule has 0 saturated carbocycles. The van der Waals surface area contributed by atoms with Crippen LogP contribution in [0.1, 0.15) is 23.3 Å². The Labute approximate surface area is 112 Å². The van der Waals surface area contributed by atoms with Crippen LogP contribution in [0.5, 0.6) is 0 Å². The molecule has 1 aliphatic rings. The van der Waals surface area contributed by atoms with Gasteiger partial charge in [-0.25, -0.2) is 0 Å². The highest BCUT2D eigenvalue weighted by atomic mass is 32.1. The third-order valence-electron chi connectivity index (χ3n) is 2.89. The highest BCUT2D eigenvalue weighted by Crippen LogP contribution is 2.18. The molecule has 1 aromatic rings. The highest BCUT2D eigenvalue weighted by molar-refractivity contribution is 7.10. The molecule has 0 spiro atoms. The van der Waals surface area contributed by atoms with Crippen molar-refractivity contribution >= 4 is 11.3 Å². The summed E-state index contributed by atoms with van der Waals surface area (Å²) >= 11 is 1.76. The molecule has 0 bridgehead atoms. The van der Waals surface area contributed by atoms with Gasteiger partial charge in [0.2, 0.25) is 0 Å². The topological polar surface area (TPSA) is 32.7 Å². The van der Waals surface area contributed by atoms with Gasteiger partial charge in [0.1, 0.15) is 0 Å². The fourth-order valence-corrected chi connectivity index (χ4v) is 2.82. The van der Waals surface area contributed by atoms with Gasteiger partial charge in [0.05, 0.1) is 13.2 Å². The number of hydrogen-bond donors (Lipinski definition) is 1. The Morgan fingerprint density at radius 1 is 1.39 bits per heavy atom. The smallest absolute Gasteiger partial charge is 0.0593 e. The summed E-state index contributed by atoms with van der Waals surface area (Å²) in [6, 6.07) is 2.07. The molecule has 1 N–H and O–H groups in total. The summed E-state index contributed by atoms with van der Waals surface area (Å²) in [7, 11) is 0. The Balaban J connectivity index is 1.96. The average Bonchev–Trinajstić information content (AvgIpc) is 2.65. The maximum atomic E-state index is 8.73. The van der Waals surface area contributed by atoms with Gasteiger partial charge in [0.25, 0.3) is 0 Å². The lowest BCUT2D eigenvalue weighted by Gasteiger charge is -2.18. The molecule has 0 radical (unpaired) electrons. The van der Waals surface area contributed by atoms with Crippen LogP contribution in [-0.4, -0.2) is 42.9 Å². The minimum Gasteiger partial charge on any atom is -0.395 e. The number of rotatable bonds is 3. The van der Waals surface area contributed by atoms with Crippen LogP contribution in [0, 0.1) is 11.8 Å². The van der Waals surface area contributed by atoms with Gasteiger partial charge < -0.3 is 9.84 Å². The molecule has 18 heavy (non-hydrogen) atoms. The largest absolute Gasteiger partial charge is 0.395 e. The standard InChI is InChI=1S/C14H19NO2S/c16-8-2-1-4-13-5-11-18-14(13)12-15-6-3-9-17-10-7-15/h5,11,16H,2-3,6-10,12H2. The summed E-state index contributed by atoms with van der Waals surface area (Å²) in [6.45, 7) is 4.91. The van der Waals surface area contributed by atoms with Gasteiger partial charge in [-0.15, -0.1) is 11.3 Å². The number of aliphatic hydroxyl groups is 1. The predicted molar refractivity (Wildman–Crippen MR) is 73.6 cm³/mol. The number of nitrogens with zero attached hydrogens (tertiary/aromatic N) is 1. The summed E-state index contributed by atoms with van der Waals surface area (Å²) in [5.41, 5.74) is 1.11. The van der Waals surface area contributed by atoms with E-state index in [1.807, 2.05) is 0 Å². The van der Waals surface area contributed by atoms with E-state index in [1.54, 1.807) is 11.3 Å². The zero-order valence-corrected chi connectivity index (χ0v) is 11.3. The maximum absolute atomic E-state index is 8.73. The van der Waals surface area contributed by atoms with Crippen molar-refractivity contribution in [1.82, 2.24) is 4.90 Å². The predicted octanol–water partition coefficient (Wildman–Crippen LogP) is 1.70. The third kappa shape index (κ3) is 4.11. The number of hydrogen-bond acceptors (Lipinski definition) is 4. The van der Waals surface area contributed by atoms with Gasteiger partial charge in [0.15, 0.2) is 0 Å². The lowest BCUT2D eigenvalue weighted by molar-refractivity contribution is 0.140. The molecule has 1 fully saturated rings. The van der Waals surface area contributed by atoms with Crippen molar-refractivity contribution in [3.63, 3.8) is 0 Å². The molecular formula is C14H19NO2S. The summed E-state index contributed by atoms with van der Waals surface area (Å²) in [5, 5.41) is 10.8. The van der Waals surface area contributed by atoms with E-state index in [9.17, 15) is 0 Å². The van der Waals surface area contributed by atoms with E-state index in [4.69, 9.17) is 9.84 Å². The second-order valence-electron chi connectivity index (χ2n) is 4.27. The molecule has 0 amide bonds. The Morgan fingerprint density at radius 3 is 3.22 bits per heavy atom. The minimum atomic E-state index is 0.135. The Kier molecular flexibility index (Phi) is 5.69. The van der Waals surface area contributed by atoms with Crippen molar-refractivity contribution < 1.29 is 9.84 Å². The third-order valence-corrected chi connectivity index (χ3v) is 3.79. The van der Waals surface area contributed by atoms with Gasteiger partial charge in [0, 0.05) is 43.1 Å². The van der Waals surface area contributed by atoms with E-state index in [0.717, 1.165) is 44.8 Å². The number of ether oxygens (including phenoxy) is 1. The Bertz CT molecular complexity index is 411. The average molecular weight is 265 g/mol. The maximum Gasteiger partial charge on any atom is 0.0593 e. The fraction of sp³-hybridized carbons (Fsp3) is 0.571. The van der Waals surface area contributed by atoms with Crippen molar-refractivity contribution in [3.8, 4) is 11.8 Å². The Morgan fingerprint density at radius 2 is 2.33 bits per heavy atom. The summed E-state index contributed by atoms with van der Waals surface area (Å²) in [4.78, 5) is 3.75.